The van der Waals surface area contributed by atoms with Crippen molar-refractivity contribution in [2.24, 2.45) is 0 Å². The SMILES string of the molecule is Cc1c(C(=O)NC[C@H]2CCCO2)sc2nc(Cc3ccccc3)[nH]c(=O)c12. The van der Waals surface area contributed by atoms with E-state index in [1.807, 2.05) is 30.3 Å². The predicted molar refractivity (Wildman–Crippen MR) is 106 cm³/mol. The zero-order valence-corrected chi connectivity index (χ0v) is 15.9. The summed E-state index contributed by atoms with van der Waals surface area (Å²) in [5.41, 5.74) is 1.56. The van der Waals surface area contributed by atoms with Crippen molar-refractivity contribution in [3.63, 3.8) is 0 Å². The first-order valence-electron chi connectivity index (χ1n) is 9.08. The highest BCUT2D eigenvalue weighted by molar-refractivity contribution is 7.20. The molecule has 6 nitrogen and oxygen atoms in total. The topological polar surface area (TPSA) is 84.1 Å². The lowest BCUT2D eigenvalue weighted by atomic mass is 10.1. The van der Waals surface area contributed by atoms with Crippen LogP contribution in [0.2, 0.25) is 0 Å². The zero-order chi connectivity index (χ0) is 18.8. The Bertz CT molecular complexity index is 1020. The normalized spacial score (nSPS) is 16.7. The third kappa shape index (κ3) is 3.79. The van der Waals surface area contributed by atoms with Gasteiger partial charge in [0.1, 0.15) is 10.7 Å². The number of nitrogens with one attached hydrogen (secondary N) is 2. The molecule has 4 rings (SSSR count). The number of hydrogen-bond donors (Lipinski definition) is 2. The van der Waals surface area contributed by atoms with Gasteiger partial charge in [0.15, 0.2) is 0 Å². The summed E-state index contributed by atoms with van der Waals surface area (Å²) in [6.45, 7) is 3.05. The third-order valence-electron chi connectivity index (χ3n) is 4.78. The quantitative estimate of drug-likeness (QED) is 0.710. The van der Waals surface area contributed by atoms with Gasteiger partial charge in [0.05, 0.1) is 16.4 Å². The van der Waals surface area contributed by atoms with Gasteiger partial charge in [-0.05, 0) is 30.9 Å². The number of thiophene rings is 1. The minimum Gasteiger partial charge on any atom is -0.376 e. The first kappa shape index (κ1) is 17.9. The molecule has 0 radical (unpaired) electrons. The Morgan fingerprint density at radius 3 is 2.93 bits per heavy atom. The van der Waals surface area contributed by atoms with Crippen LogP contribution in [0.25, 0.3) is 10.2 Å². The Labute approximate surface area is 160 Å². The lowest BCUT2D eigenvalue weighted by Gasteiger charge is -2.10. The van der Waals surface area contributed by atoms with Gasteiger partial charge in [-0.25, -0.2) is 4.98 Å². The maximum absolute atomic E-state index is 12.6. The molecule has 1 aliphatic rings. The molecule has 3 heterocycles. The molecular formula is C20H21N3O3S. The summed E-state index contributed by atoms with van der Waals surface area (Å²) in [6.07, 6.45) is 2.63. The minimum absolute atomic E-state index is 0.0858. The summed E-state index contributed by atoms with van der Waals surface area (Å²) >= 11 is 1.27. The van der Waals surface area contributed by atoms with Gasteiger partial charge in [-0.3, -0.25) is 9.59 Å². The number of ether oxygens (including phenoxy) is 1. The first-order valence-corrected chi connectivity index (χ1v) is 9.89. The predicted octanol–water partition coefficient (Wildman–Crippen LogP) is 2.79. The molecule has 3 aromatic rings. The largest absolute Gasteiger partial charge is 0.376 e. The molecule has 2 aromatic heterocycles. The van der Waals surface area contributed by atoms with Crippen molar-refractivity contribution < 1.29 is 9.53 Å². The van der Waals surface area contributed by atoms with Crippen LogP contribution in [0.1, 0.15) is 39.5 Å². The Morgan fingerprint density at radius 2 is 2.19 bits per heavy atom. The minimum atomic E-state index is -0.196. The molecule has 0 spiro atoms. The van der Waals surface area contributed by atoms with Gasteiger partial charge in [-0.2, -0.15) is 0 Å². The summed E-state index contributed by atoms with van der Waals surface area (Å²) in [6, 6.07) is 9.85. The van der Waals surface area contributed by atoms with Crippen molar-refractivity contribution in [1.82, 2.24) is 15.3 Å². The van der Waals surface area contributed by atoms with E-state index < -0.39 is 0 Å². The number of aryl methyl sites for hydroxylation is 1. The number of rotatable bonds is 5. The molecule has 140 valence electrons. The van der Waals surface area contributed by atoms with E-state index in [1.165, 1.54) is 11.3 Å². The second-order valence-electron chi connectivity index (χ2n) is 6.76. The standard InChI is InChI=1S/C20H21N3O3S/c1-12-16-18(24)22-15(10-13-6-3-2-4-7-13)23-20(16)27-17(12)19(25)21-11-14-8-5-9-26-14/h2-4,6-7,14H,5,8-11H2,1H3,(H,21,25)(H,22,23,24)/t14-/m1/s1. The summed E-state index contributed by atoms with van der Waals surface area (Å²) in [4.78, 5) is 33.7. The molecule has 0 bridgehead atoms. The number of carbonyl (C=O) groups excluding carboxylic acids is 1. The molecule has 1 atom stereocenters. The molecule has 1 amide bonds. The number of carbonyl (C=O) groups is 1. The highest BCUT2D eigenvalue weighted by Gasteiger charge is 2.21. The number of H-pyrrole nitrogens is 1. The number of amides is 1. The van der Waals surface area contributed by atoms with E-state index in [2.05, 4.69) is 15.3 Å². The van der Waals surface area contributed by atoms with Crippen LogP contribution in [0.5, 0.6) is 0 Å². The number of hydrogen-bond acceptors (Lipinski definition) is 5. The fourth-order valence-electron chi connectivity index (χ4n) is 3.37. The number of benzene rings is 1. The molecule has 0 saturated carbocycles. The Kier molecular flexibility index (Phi) is 5.05. The van der Waals surface area contributed by atoms with E-state index in [1.54, 1.807) is 6.92 Å². The summed E-state index contributed by atoms with van der Waals surface area (Å²) < 4.78 is 5.54. The number of aromatic amines is 1. The van der Waals surface area contributed by atoms with E-state index in [9.17, 15) is 9.59 Å². The van der Waals surface area contributed by atoms with Crippen molar-refractivity contribution in [1.29, 1.82) is 0 Å². The van der Waals surface area contributed by atoms with E-state index in [0.717, 1.165) is 25.0 Å². The van der Waals surface area contributed by atoms with Crippen molar-refractivity contribution in [3.05, 3.63) is 62.5 Å². The molecule has 2 N–H and O–H groups in total. The Morgan fingerprint density at radius 1 is 1.37 bits per heavy atom. The zero-order valence-electron chi connectivity index (χ0n) is 15.1. The molecule has 0 unspecified atom stereocenters. The van der Waals surface area contributed by atoms with Crippen molar-refractivity contribution >= 4 is 27.5 Å². The molecule has 7 heteroatoms. The maximum Gasteiger partial charge on any atom is 0.261 e. The van der Waals surface area contributed by atoms with Crippen LogP contribution in [0, 0.1) is 6.92 Å². The summed E-state index contributed by atoms with van der Waals surface area (Å²) in [7, 11) is 0. The molecule has 1 aromatic carbocycles. The van der Waals surface area contributed by atoms with E-state index in [0.29, 0.717) is 39.4 Å². The third-order valence-corrected chi connectivity index (χ3v) is 5.97. The smallest absolute Gasteiger partial charge is 0.261 e. The van der Waals surface area contributed by atoms with Gasteiger partial charge in [-0.15, -0.1) is 11.3 Å². The maximum atomic E-state index is 12.6. The van der Waals surface area contributed by atoms with E-state index in [-0.39, 0.29) is 17.6 Å². The highest BCUT2D eigenvalue weighted by Crippen LogP contribution is 2.27. The fraction of sp³-hybridized carbons (Fsp3) is 0.350. The van der Waals surface area contributed by atoms with Gasteiger partial charge in [0, 0.05) is 19.6 Å². The van der Waals surface area contributed by atoms with Crippen molar-refractivity contribution in [2.45, 2.75) is 32.3 Å². The van der Waals surface area contributed by atoms with Crippen LogP contribution in [-0.2, 0) is 11.2 Å². The monoisotopic (exact) mass is 383 g/mol. The molecule has 0 aliphatic carbocycles. The first-order chi connectivity index (χ1) is 13.1. The average molecular weight is 383 g/mol. The van der Waals surface area contributed by atoms with Gasteiger partial charge < -0.3 is 15.0 Å². The molecule has 1 fully saturated rings. The summed E-state index contributed by atoms with van der Waals surface area (Å²) in [5.74, 6) is 0.432. The number of nitrogens with zero attached hydrogens (tertiary/aromatic N) is 1. The average Bonchev–Trinajstić information content (AvgIpc) is 3.29. The number of aromatic nitrogens is 2. The van der Waals surface area contributed by atoms with Gasteiger partial charge in [-0.1, -0.05) is 30.3 Å². The van der Waals surface area contributed by atoms with Crippen LogP contribution >= 0.6 is 11.3 Å². The second-order valence-corrected chi connectivity index (χ2v) is 7.76. The van der Waals surface area contributed by atoms with E-state index >= 15 is 0 Å². The van der Waals surface area contributed by atoms with Crippen LogP contribution in [0.4, 0.5) is 0 Å². The fourth-order valence-corrected chi connectivity index (χ4v) is 4.49. The molecule has 1 aliphatic heterocycles. The lowest BCUT2D eigenvalue weighted by Crippen LogP contribution is -2.31. The Balaban J connectivity index is 1.59. The molecular weight excluding hydrogens is 362 g/mol. The second kappa shape index (κ2) is 7.62. The number of fused-ring (bicyclic) bond motifs is 1. The highest BCUT2D eigenvalue weighted by atomic mass is 32.1. The van der Waals surface area contributed by atoms with Crippen LogP contribution in [0.3, 0.4) is 0 Å². The van der Waals surface area contributed by atoms with Gasteiger partial charge in [0.25, 0.3) is 11.5 Å². The Hall–Kier alpha value is -2.51. The summed E-state index contributed by atoms with van der Waals surface area (Å²) in [5, 5.41) is 3.42. The van der Waals surface area contributed by atoms with Gasteiger partial charge in [0.2, 0.25) is 0 Å². The lowest BCUT2D eigenvalue weighted by molar-refractivity contribution is 0.0860. The van der Waals surface area contributed by atoms with E-state index in [4.69, 9.17) is 4.74 Å². The van der Waals surface area contributed by atoms with Crippen molar-refractivity contribution in [2.75, 3.05) is 13.2 Å². The van der Waals surface area contributed by atoms with Gasteiger partial charge >= 0.3 is 0 Å². The van der Waals surface area contributed by atoms with Crippen molar-refractivity contribution in [3.8, 4) is 0 Å². The molecule has 1 saturated heterocycles. The van der Waals surface area contributed by atoms with Crippen LogP contribution in [0.15, 0.2) is 35.1 Å². The van der Waals surface area contributed by atoms with Crippen LogP contribution < -0.4 is 10.9 Å². The molecule has 27 heavy (non-hydrogen) atoms. The van der Waals surface area contributed by atoms with Crippen LogP contribution in [-0.4, -0.2) is 35.1 Å².